The highest BCUT2D eigenvalue weighted by atomic mass is 32.2. The van der Waals surface area contributed by atoms with Gasteiger partial charge in [-0.3, -0.25) is 62.5 Å². The predicted octanol–water partition coefficient (Wildman–Crippen LogP) is -2.96. The smallest absolute Gasteiger partial charge is 0.325 e. The number of guanidine groups is 1. The van der Waals surface area contributed by atoms with Gasteiger partial charge in [0.25, 0.3) is 0 Å². The molecule has 1 heterocycles. The van der Waals surface area contributed by atoms with Crippen molar-refractivity contribution in [3.8, 4) is 0 Å². The van der Waals surface area contributed by atoms with Crippen molar-refractivity contribution in [1.82, 2.24) is 52.8 Å². The molecule has 11 amide bonds. The summed E-state index contributed by atoms with van der Waals surface area (Å²) in [6.07, 6.45) is 0.0901. The molecular weight excluding hydrogens is 1170 g/mol. The van der Waals surface area contributed by atoms with Gasteiger partial charge in [0.1, 0.15) is 60.4 Å². The Morgan fingerprint density at radius 3 is 1.64 bits per heavy atom. The average Bonchev–Trinajstić information content (AvgIpc) is 2.47. The van der Waals surface area contributed by atoms with E-state index in [1.54, 1.807) is 64.3 Å². The van der Waals surface area contributed by atoms with Crippen molar-refractivity contribution >= 4 is 88.7 Å². The number of hydrogen-bond donors (Lipinski definition) is 15. The zero-order valence-electron chi connectivity index (χ0n) is 51.7. The number of likely N-dealkylation sites (tertiary alicyclic amines) is 1. The van der Waals surface area contributed by atoms with Crippen molar-refractivity contribution in [1.29, 1.82) is 0 Å². The zero-order chi connectivity index (χ0) is 66.7. The SMILES string of the molecule is CSCC[C@H](NC(=O)[C@H](CCCN=C(N)N)NC(=O)[C@H](Cc1ccccc1)NC(=O)[C@@H](N)Cc1ccccc1)C(=O)N[C@H](C(=O)N[C@@H](CC(C)C)C(=O)N[C@H](C(=O)N[C@@H](CC(N)=O)C(=O)N1CCC[C@H]1C(=O)N[C@@H](C)C(=O)N[C@@H](C)C(=O)O)[C@@H](C)O)C(C)C. The Kier molecular flexibility index (Phi) is 31.5. The van der Waals surface area contributed by atoms with E-state index in [1.807, 2.05) is 30.3 Å². The van der Waals surface area contributed by atoms with Crippen molar-refractivity contribution in [3.05, 3.63) is 71.8 Å². The van der Waals surface area contributed by atoms with Gasteiger partial charge in [-0.2, -0.15) is 11.8 Å². The molecule has 1 aliphatic rings. The van der Waals surface area contributed by atoms with Crippen molar-refractivity contribution in [2.45, 2.75) is 179 Å². The number of nitrogens with one attached hydrogen (secondary N) is 9. The van der Waals surface area contributed by atoms with E-state index in [1.165, 1.54) is 25.6 Å². The maximum absolute atomic E-state index is 14.4. The normalized spacial score (nSPS) is 16.6. The maximum Gasteiger partial charge on any atom is 0.325 e. The highest BCUT2D eigenvalue weighted by Crippen LogP contribution is 2.20. The van der Waals surface area contributed by atoms with E-state index in [2.05, 4.69) is 52.8 Å². The Bertz CT molecular complexity index is 2770. The van der Waals surface area contributed by atoms with Crippen LogP contribution in [-0.4, -0.2) is 190 Å². The van der Waals surface area contributed by atoms with Crippen molar-refractivity contribution in [2.75, 3.05) is 25.1 Å². The van der Waals surface area contributed by atoms with Gasteiger partial charge >= 0.3 is 5.97 Å². The molecule has 0 aliphatic carbocycles. The predicted molar refractivity (Wildman–Crippen MR) is 332 cm³/mol. The van der Waals surface area contributed by atoms with Crippen LogP contribution in [0.15, 0.2) is 65.7 Å². The minimum absolute atomic E-state index is 0.0177. The number of carbonyl (C=O) groups excluding carboxylic acids is 11. The van der Waals surface area contributed by atoms with Gasteiger partial charge in [-0.15, -0.1) is 0 Å². The lowest BCUT2D eigenvalue weighted by Crippen LogP contribution is -2.62. The number of aliphatic hydroxyl groups is 1. The molecule has 30 heteroatoms. The van der Waals surface area contributed by atoms with Crippen LogP contribution in [0.25, 0.3) is 0 Å². The summed E-state index contributed by atoms with van der Waals surface area (Å²) in [6.45, 7) is 10.5. The van der Waals surface area contributed by atoms with Crippen LogP contribution in [0.5, 0.6) is 0 Å². The van der Waals surface area contributed by atoms with Gasteiger partial charge in [-0.1, -0.05) is 88.4 Å². The molecule has 1 saturated heterocycles. The summed E-state index contributed by atoms with van der Waals surface area (Å²) < 4.78 is 0. The molecule has 29 nitrogen and oxygen atoms in total. The van der Waals surface area contributed by atoms with Crippen LogP contribution in [0.3, 0.4) is 0 Å². The number of nitrogens with two attached hydrogens (primary N) is 4. The Morgan fingerprint density at radius 1 is 0.596 bits per heavy atom. The second-order valence-electron chi connectivity index (χ2n) is 22.8. The molecule has 1 fully saturated rings. The number of carbonyl (C=O) groups is 12. The number of rotatable bonds is 37. The van der Waals surface area contributed by atoms with Gasteiger partial charge in [-0.25, -0.2) is 0 Å². The fraction of sp³-hybridized carbons (Fsp3) is 0.576. The summed E-state index contributed by atoms with van der Waals surface area (Å²) in [6, 6.07) is 3.07. The fourth-order valence-electron chi connectivity index (χ4n) is 9.47. The van der Waals surface area contributed by atoms with Crippen LogP contribution in [0.4, 0.5) is 0 Å². The molecule has 0 saturated carbocycles. The second-order valence-corrected chi connectivity index (χ2v) is 23.8. The van der Waals surface area contributed by atoms with Crippen molar-refractivity contribution in [2.24, 2.45) is 39.8 Å². The van der Waals surface area contributed by atoms with Gasteiger partial charge < -0.3 is 85.9 Å². The lowest BCUT2D eigenvalue weighted by Gasteiger charge is -2.31. The Hall–Kier alpha value is -8.38. The minimum Gasteiger partial charge on any atom is -0.480 e. The van der Waals surface area contributed by atoms with Gasteiger partial charge in [-0.05, 0) is 101 Å². The molecule has 89 heavy (non-hydrogen) atoms. The molecule has 492 valence electrons. The van der Waals surface area contributed by atoms with Gasteiger partial charge in [0, 0.05) is 19.5 Å². The van der Waals surface area contributed by atoms with Crippen LogP contribution < -0.4 is 70.8 Å². The van der Waals surface area contributed by atoms with Crippen LogP contribution in [-0.2, 0) is 70.4 Å². The van der Waals surface area contributed by atoms with E-state index in [9.17, 15) is 62.6 Å². The molecule has 0 aromatic heterocycles. The molecular formula is C59H91N15O14S. The molecule has 12 atom stereocenters. The molecule has 2 aromatic carbocycles. The number of aliphatic hydroxyl groups excluding tert-OH is 1. The number of carboxylic acid groups (broad SMARTS) is 1. The molecule has 2 aromatic rings. The maximum atomic E-state index is 14.4. The lowest BCUT2D eigenvalue weighted by molar-refractivity contribution is -0.144. The summed E-state index contributed by atoms with van der Waals surface area (Å²) in [5.74, 6) is -11.6. The average molecular weight is 1270 g/mol. The third kappa shape index (κ3) is 25.7. The molecule has 0 spiro atoms. The van der Waals surface area contributed by atoms with Crippen molar-refractivity contribution < 1.29 is 67.7 Å². The number of hydrogen-bond acceptors (Lipinski definition) is 16. The quantitative estimate of drug-likeness (QED) is 0.0183. The highest BCUT2D eigenvalue weighted by molar-refractivity contribution is 7.98. The van der Waals surface area contributed by atoms with E-state index in [-0.39, 0.29) is 69.9 Å². The topological polar surface area (TPSA) is 473 Å². The minimum atomic E-state index is -1.82. The third-order valence-corrected chi connectivity index (χ3v) is 15.0. The number of aliphatic imine (C=N–C) groups is 1. The third-order valence-electron chi connectivity index (χ3n) is 14.4. The van der Waals surface area contributed by atoms with Crippen LogP contribution in [0.1, 0.15) is 105 Å². The van der Waals surface area contributed by atoms with Crippen LogP contribution >= 0.6 is 11.8 Å². The van der Waals surface area contributed by atoms with Gasteiger partial charge in [0.05, 0.1) is 18.6 Å². The standard InChI is InChI=1S/C59H91N15O14S/c1-31(2)27-41(53(82)73-47(35(7)75)56(85)71-43(30-45(61)76)57(86)74-25-16-22-44(74)54(83)65-33(5)48(77)66-34(6)58(87)88)70-55(84)46(32(3)4)72-51(80)40(23-26-89-8)68-50(79)39(21-15-24-64-59(62)63)67-52(81)42(29-37-19-13-10-14-20-37)69-49(78)38(60)28-36-17-11-9-12-18-36/h9-14,17-20,31-35,38-44,46-47,75H,15-16,21-30,60H2,1-8H3,(H2,61,76)(H,65,83)(H,66,77)(H,67,81)(H,68,79)(H,69,78)(H,70,84)(H,71,85)(H,72,80)(H,73,82)(H,87,88)(H4,62,63,64)/t33-,34-,35+,38-,39-,40-,41-,42-,43-,44-,46-,47-/m0/s1. The second kappa shape index (κ2) is 37.5. The highest BCUT2D eigenvalue weighted by Gasteiger charge is 2.41. The lowest BCUT2D eigenvalue weighted by atomic mass is 9.99. The molecule has 3 rings (SSSR count). The Morgan fingerprint density at radius 2 is 1.10 bits per heavy atom. The Balaban J connectivity index is 1.85. The van der Waals surface area contributed by atoms with E-state index >= 15 is 0 Å². The first-order valence-corrected chi connectivity index (χ1v) is 30.9. The molecule has 19 N–H and O–H groups in total. The van der Waals surface area contributed by atoms with E-state index < -0.39 is 156 Å². The number of thioether (sulfide) groups is 1. The molecule has 0 bridgehead atoms. The van der Waals surface area contributed by atoms with Gasteiger partial charge in [0.2, 0.25) is 65.0 Å². The van der Waals surface area contributed by atoms with Crippen LogP contribution in [0, 0.1) is 11.8 Å². The summed E-state index contributed by atoms with van der Waals surface area (Å²) in [7, 11) is 0. The molecule has 1 aliphatic heterocycles. The zero-order valence-corrected chi connectivity index (χ0v) is 52.6. The number of nitrogens with zero attached hydrogens (tertiary/aromatic N) is 2. The van der Waals surface area contributed by atoms with E-state index in [0.29, 0.717) is 17.7 Å². The number of primary amides is 1. The Labute approximate surface area is 522 Å². The monoisotopic (exact) mass is 1270 g/mol. The summed E-state index contributed by atoms with van der Waals surface area (Å²) in [5.41, 5.74) is 24.4. The number of amides is 11. The summed E-state index contributed by atoms with van der Waals surface area (Å²) >= 11 is 1.36. The van der Waals surface area contributed by atoms with Gasteiger partial charge in [0.15, 0.2) is 5.96 Å². The van der Waals surface area contributed by atoms with Crippen LogP contribution in [0.2, 0.25) is 0 Å². The first-order valence-electron chi connectivity index (χ1n) is 29.5. The fourth-order valence-corrected chi connectivity index (χ4v) is 9.95. The number of aliphatic carboxylic acids is 1. The van der Waals surface area contributed by atoms with E-state index in [0.717, 1.165) is 17.4 Å². The first kappa shape index (κ1) is 74.9. The molecule has 0 unspecified atom stereocenters. The number of carboxylic acids is 1. The summed E-state index contributed by atoms with van der Waals surface area (Å²) in [4.78, 5) is 168. The van der Waals surface area contributed by atoms with Crippen molar-refractivity contribution in [3.63, 3.8) is 0 Å². The first-order chi connectivity index (χ1) is 41.9. The molecule has 0 radical (unpaired) electrons. The van der Waals surface area contributed by atoms with E-state index in [4.69, 9.17) is 28.0 Å². The largest absolute Gasteiger partial charge is 0.480 e. The number of benzene rings is 2. The summed E-state index contributed by atoms with van der Waals surface area (Å²) in [5, 5.41) is 43.2.